The number of H-pyrrole nitrogens is 1. The van der Waals surface area contributed by atoms with Gasteiger partial charge in [-0.25, -0.2) is 0 Å². The molecule has 0 aromatic carbocycles. The predicted octanol–water partition coefficient (Wildman–Crippen LogP) is 1.78. The molecule has 0 spiro atoms. The molecule has 2 heterocycles. The fraction of sp³-hybridized carbons (Fsp3) is 0.385. The van der Waals surface area contributed by atoms with E-state index in [2.05, 4.69) is 36.8 Å². The SMILES string of the molecule is CC(NC(=O)c1ccc(Br)s1)C(=O)NCCc1n[nH]c(=S)n1C. The van der Waals surface area contributed by atoms with Crippen molar-refractivity contribution in [2.75, 3.05) is 6.54 Å². The molecule has 0 saturated carbocycles. The molecule has 0 radical (unpaired) electrons. The Morgan fingerprint density at radius 3 is 2.83 bits per heavy atom. The van der Waals surface area contributed by atoms with Crippen LogP contribution in [0.2, 0.25) is 0 Å². The third-order valence-electron chi connectivity index (χ3n) is 3.16. The maximum atomic E-state index is 12.0. The average molecular weight is 418 g/mol. The van der Waals surface area contributed by atoms with Crippen molar-refractivity contribution in [3.63, 3.8) is 0 Å². The van der Waals surface area contributed by atoms with Crippen molar-refractivity contribution < 1.29 is 9.59 Å². The maximum absolute atomic E-state index is 12.0. The Morgan fingerprint density at radius 2 is 2.26 bits per heavy atom. The minimum absolute atomic E-state index is 0.245. The van der Waals surface area contributed by atoms with Gasteiger partial charge in [-0.3, -0.25) is 14.7 Å². The monoisotopic (exact) mass is 417 g/mol. The Balaban J connectivity index is 1.79. The fourth-order valence-electron chi connectivity index (χ4n) is 1.82. The zero-order chi connectivity index (χ0) is 17.0. The molecule has 2 amide bonds. The van der Waals surface area contributed by atoms with E-state index in [9.17, 15) is 9.59 Å². The van der Waals surface area contributed by atoms with Crippen molar-refractivity contribution in [3.05, 3.63) is 31.4 Å². The second kappa shape index (κ2) is 7.84. The highest BCUT2D eigenvalue weighted by molar-refractivity contribution is 9.11. The highest BCUT2D eigenvalue weighted by Crippen LogP contribution is 2.21. The molecule has 7 nitrogen and oxygen atoms in total. The van der Waals surface area contributed by atoms with E-state index in [0.717, 1.165) is 9.61 Å². The average Bonchev–Trinajstić information content (AvgIpc) is 3.07. The summed E-state index contributed by atoms with van der Waals surface area (Å²) < 4.78 is 3.16. The highest BCUT2D eigenvalue weighted by Gasteiger charge is 2.17. The summed E-state index contributed by atoms with van der Waals surface area (Å²) in [5.41, 5.74) is 0. The fourth-order valence-corrected chi connectivity index (χ4v) is 3.26. The Morgan fingerprint density at radius 1 is 1.52 bits per heavy atom. The summed E-state index contributed by atoms with van der Waals surface area (Å²) >= 11 is 9.64. The predicted molar refractivity (Wildman–Crippen MR) is 94.1 cm³/mol. The lowest BCUT2D eigenvalue weighted by Gasteiger charge is -2.13. The van der Waals surface area contributed by atoms with Crippen LogP contribution in [0.1, 0.15) is 22.4 Å². The number of carbonyl (C=O) groups excluding carboxylic acids is 2. The van der Waals surface area contributed by atoms with E-state index in [1.165, 1.54) is 11.3 Å². The number of thiophene rings is 1. The Hall–Kier alpha value is -1.52. The molecule has 2 aromatic rings. The number of rotatable bonds is 6. The molecule has 23 heavy (non-hydrogen) atoms. The minimum Gasteiger partial charge on any atom is -0.354 e. The number of nitrogens with one attached hydrogen (secondary N) is 3. The number of hydrogen-bond acceptors (Lipinski definition) is 5. The van der Waals surface area contributed by atoms with E-state index >= 15 is 0 Å². The summed E-state index contributed by atoms with van der Waals surface area (Å²) in [6.07, 6.45) is 0.550. The second-order valence-electron chi connectivity index (χ2n) is 4.84. The number of nitrogens with zero attached hydrogens (tertiary/aromatic N) is 2. The molecule has 0 aliphatic carbocycles. The summed E-state index contributed by atoms with van der Waals surface area (Å²) in [7, 11) is 1.81. The van der Waals surface area contributed by atoms with E-state index in [-0.39, 0.29) is 11.8 Å². The first-order chi connectivity index (χ1) is 10.9. The van der Waals surface area contributed by atoms with Gasteiger partial charge < -0.3 is 15.2 Å². The molecule has 3 N–H and O–H groups in total. The van der Waals surface area contributed by atoms with Crippen molar-refractivity contribution in [3.8, 4) is 0 Å². The van der Waals surface area contributed by atoms with Crippen molar-refractivity contribution >= 4 is 51.3 Å². The molecule has 124 valence electrons. The van der Waals surface area contributed by atoms with Gasteiger partial charge in [0.15, 0.2) is 4.77 Å². The number of hydrogen-bond donors (Lipinski definition) is 3. The number of amides is 2. The van der Waals surface area contributed by atoms with E-state index in [0.29, 0.717) is 22.6 Å². The van der Waals surface area contributed by atoms with Crippen molar-refractivity contribution in [2.45, 2.75) is 19.4 Å². The lowest BCUT2D eigenvalue weighted by Crippen LogP contribution is -2.45. The molecule has 0 bridgehead atoms. The summed E-state index contributed by atoms with van der Waals surface area (Å²) in [6, 6.07) is 2.88. The first-order valence-corrected chi connectivity index (χ1v) is 8.84. The summed E-state index contributed by atoms with van der Waals surface area (Å²) in [4.78, 5) is 24.5. The van der Waals surface area contributed by atoms with Crippen LogP contribution in [-0.2, 0) is 18.3 Å². The maximum Gasteiger partial charge on any atom is 0.262 e. The van der Waals surface area contributed by atoms with Crippen LogP contribution >= 0.6 is 39.5 Å². The minimum atomic E-state index is -0.620. The number of aromatic nitrogens is 3. The van der Waals surface area contributed by atoms with Crippen LogP contribution in [0, 0.1) is 4.77 Å². The van der Waals surface area contributed by atoms with E-state index in [1.54, 1.807) is 23.6 Å². The molecule has 2 rings (SSSR count). The van der Waals surface area contributed by atoms with Gasteiger partial charge in [0.25, 0.3) is 5.91 Å². The molecule has 10 heteroatoms. The second-order valence-corrected chi connectivity index (χ2v) is 7.69. The number of carbonyl (C=O) groups is 2. The largest absolute Gasteiger partial charge is 0.354 e. The molecule has 1 atom stereocenters. The summed E-state index contributed by atoms with van der Waals surface area (Å²) in [5, 5.41) is 12.2. The van der Waals surface area contributed by atoms with Gasteiger partial charge >= 0.3 is 0 Å². The van der Waals surface area contributed by atoms with Crippen molar-refractivity contribution in [2.24, 2.45) is 7.05 Å². The van der Waals surface area contributed by atoms with Crippen molar-refractivity contribution in [1.29, 1.82) is 0 Å². The summed E-state index contributed by atoms with van der Waals surface area (Å²) in [5.74, 6) is 0.249. The zero-order valence-corrected chi connectivity index (χ0v) is 15.8. The number of aromatic amines is 1. The molecule has 0 aliphatic heterocycles. The number of halogens is 1. The van der Waals surface area contributed by atoms with Crippen LogP contribution in [0.3, 0.4) is 0 Å². The molecule has 0 saturated heterocycles. The van der Waals surface area contributed by atoms with Crippen molar-refractivity contribution in [1.82, 2.24) is 25.4 Å². The van der Waals surface area contributed by atoms with Crippen LogP contribution in [0.4, 0.5) is 0 Å². The van der Waals surface area contributed by atoms with Crippen LogP contribution in [0.15, 0.2) is 15.9 Å². The molecule has 0 aliphatic rings. The first-order valence-electron chi connectivity index (χ1n) is 6.82. The van der Waals surface area contributed by atoms with Gasteiger partial charge in [-0.15, -0.1) is 11.3 Å². The Kier molecular flexibility index (Phi) is 6.08. The van der Waals surface area contributed by atoms with Gasteiger partial charge in [0.2, 0.25) is 5.91 Å². The lowest BCUT2D eigenvalue weighted by atomic mass is 10.3. The summed E-state index contributed by atoms with van der Waals surface area (Å²) in [6.45, 7) is 2.06. The molecule has 0 fully saturated rings. The van der Waals surface area contributed by atoms with Gasteiger partial charge in [-0.05, 0) is 47.2 Å². The Labute approximate surface area is 150 Å². The van der Waals surface area contributed by atoms with Crippen LogP contribution in [0.5, 0.6) is 0 Å². The van der Waals surface area contributed by atoms with Crippen LogP contribution < -0.4 is 10.6 Å². The van der Waals surface area contributed by atoms with Gasteiger partial charge in [-0.2, -0.15) is 5.10 Å². The van der Waals surface area contributed by atoms with E-state index < -0.39 is 6.04 Å². The van der Waals surface area contributed by atoms with Crippen LogP contribution in [0.25, 0.3) is 0 Å². The third kappa shape index (κ3) is 4.72. The van der Waals surface area contributed by atoms with E-state index in [4.69, 9.17) is 12.2 Å². The third-order valence-corrected chi connectivity index (χ3v) is 5.15. The standard InChI is InChI=1S/C13H16BrN5O2S2/c1-7(16-12(21)8-3-4-9(14)23-8)11(20)15-6-5-10-17-18-13(22)19(10)2/h3-4,7H,5-6H2,1-2H3,(H,15,20)(H,16,21)(H,18,22). The van der Waals surface area contributed by atoms with E-state index in [1.807, 2.05) is 7.05 Å². The normalized spacial score (nSPS) is 12.0. The van der Waals surface area contributed by atoms with Gasteiger partial charge in [0.1, 0.15) is 11.9 Å². The van der Waals surface area contributed by atoms with Crippen LogP contribution in [-0.4, -0.2) is 39.2 Å². The molecule has 1 unspecified atom stereocenters. The quantitative estimate of drug-likeness (QED) is 0.624. The highest BCUT2D eigenvalue weighted by atomic mass is 79.9. The molecule has 2 aromatic heterocycles. The van der Waals surface area contributed by atoms with Gasteiger partial charge in [0, 0.05) is 20.0 Å². The smallest absolute Gasteiger partial charge is 0.262 e. The Bertz CT molecular complexity index is 767. The lowest BCUT2D eigenvalue weighted by molar-refractivity contribution is -0.122. The zero-order valence-electron chi connectivity index (χ0n) is 12.6. The van der Waals surface area contributed by atoms with Gasteiger partial charge in [0.05, 0.1) is 8.66 Å². The topological polar surface area (TPSA) is 91.8 Å². The molecular formula is C13H16BrN5O2S2. The first kappa shape index (κ1) is 17.8. The van der Waals surface area contributed by atoms with Gasteiger partial charge in [-0.1, -0.05) is 0 Å². The molecular weight excluding hydrogens is 402 g/mol.